The average Bonchev–Trinajstić information content (AvgIpc) is 2.59. The summed E-state index contributed by atoms with van der Waals surface area (Å²) >= 11 is 0. The number of aliphatic imine (C=N–C) groups is 1. The Morgan fingerprint density at radius 2 is 1.92 bits per heavy atom. The molecule has 24 heavy (non-hydrogen) atoms. The molecular weight excluding hydrogens is 302 g/mol. The number of hydrogen-bond donors (Lipinski definition) is 1. The summed E-state index contributed by atoms with van der Waals surface area (Å²) < 4.78 is 10.6. The zero-order valence-electron chi connectivity index (χ0n) is 14.4. The van der Waals surface area contributed by atoms with Gasteiger partial charge in [-0.15, -0.1) is 0 Å². The molecule has 3 rings (SSSR count). The van der Waals surface area contributed by atoms with E-state index in [-0.39, 0.29) is 5.75 Å². The molecule has 0 radical (unpaired) electrons. The smallest absolute Gasteiger partial charge is 0.161 e. The predicted octanol–water partition coefficient (Wildman–Crippen LogP) is 3.73. The Morgan fingerprint density at radius 3 is 2.67 bits per heavy atom. The third kappa shape index (κ3) is 3.23. The minimum Gasteiger partial charge on any atom is -0.504 e. The Kier molecular flexibility index (Phi) is 4.74. The molecule has 2 aromatic rings. The van der Waals surface area contributed by atoms with Crippen LogP contribution in [-0.2, 0) is 12.8 Å². The van der Waals surface area contributed by atoms with E-state index in [0.29, 0.717) is 11.7 Å². The van der Waals surface area contributed by atoms with Gasteiger partial charge in [-0.1, -0.05) is 13.0 Å². The normalized spacial score (nSPS) is 16.9. The van der Waals surface area contributed by atoms with Crippen molar-refractivity contribution in [3.05, 3.63) is 52.6 Å². The maximum atomic E-state index is 10.1. The minimum absolute atomic E-state index is 0.170. The zero-order chi connectivity index (χ0) is 17.1. The van der Waals surface area contributed by atoms with Gasteiger partial charge >= 0.3 is 0 Å². The van der Waals surface area contributed by atoms with Gasteiger partial charge in [-0.3, -0.25) is 4.99 Å². The number of aromatic hydroxyl groups is 1. The first-order valence-corrected chi connectivity index (χ1v) is 8.19. The van der Waals surface area contributed by atoms with E-state index in [1.807, 2.05) is 18.3 Å². The van der Waals surface area contributed by atoms with Crippen LogP contribution in [-0.4, -0.2) is 32.1 Å². The highest BCUT2D eigenvalue weighted by Gasteiger charge is 2.17. The van der Waals surface area contributed by atoms with E-state index in [2.05, 4.69) is 24.0 Å². The Balaban J connectivity index is 2.03. The lowest BCUT2D eigenvalue weighted by molar-refractivity contribution is 0.373. The van der Waals surface area contributed by atoms with Crippen molar-refractivity contribution in [3.8, 4) is 17.2 Å². The number of nitrogens with zero attached hydrogens (tertiary/aromatic N) is 1. The van der Waals surface area contributed by atoms with E-state index in [0.717, 1.165) is 36.3 Å². The molecule has 1 aliphatic rings. The number of hydrogen-bond acceptors (Lipinski definition) is 4. The molecule has 1 heterocycles. The van der Waals surface area contributed by atoms with Crippen LogP contribution in [0.1, 0.15) is 35.1 Å². The van der Waals surface area contributed by atoms with Crippen LogP contribution in [0.25, 0.3) is 0 Å². The number of phenolic OH excluding ortho intramolecular Hbond substituents is 1. The van der Waals surface area contributed by atoms with Gasteiger partial charge in [0.05, 0.1) is 14.2 Å². The maximum Gasteiger partial charge on any atom is 0.161 e. The monoisotopic (exact) mass is 325 g/mol. The summed E-state index contributed by atoms with van der Waals surface area (Å²) in [6.07, 6.45) is 3.60. The van der Waals surface area contributed by atoms with E-state index < -0.39 is 0 Å². The van der Waals surface area contributed by atoms with Gasteiger partial charge in [0.25, 0.3) is 0 Å². The Labute approximate surface area is 142 Å². The minimum atomic E-state index is 0.170. The Bertz CT molecular complexity index is 768. The van der Waals surface area contributed by atoms with Gasteiger partial charge in [0.2, 0.25) is 0 Å². The molecular formula is C20H23NO3. The molecule has 2 aromatic carbocycles. The Hall–Kier alpha value is -2.49. The highest BCUT2D eigenvalue weighted by molar-refractivity contribution is 5.83. The van der Waals surface area contributed by atoms with Crippen LogP contribution < -0.4 is 9.47 Å². The molecule has 1 atom stereocenters. The van der Waals surface area contributed by atoms with Crippen LogP contribution in [0.4, 0.5) is 0 Å². The van der Waals surface area contributed by atoms with Crippen molar-refractivity contribution < 1.29 is 14.6 Å². The molecule has 126 valence electrons. The van der Waals surface area contributed by atoms with Crippen molar-refractivity contribution in [2.24, 2.45) is 4.99 Å². The quantitative estimate of drug-likeness (QED) is 0.915. The molecule has 4 heteroatoms. The molecule has 0 spiro atoms. The van der Waals surface area contributed by atoms with Crippen LogP contribution in [0.2, 0.25) is 0 Å². The molecule has 0 fully saturated rings. The summed E-state index contributed by atoms with van der Waals surface area (Å²) in [5, 5.41) is 10.1. The van der Waals surface area contributed by atoms with E-state index >= 15 is 0 Å². The summed E-state index contributed by atoms with van der Waals surface area (Å²) in [6.45, 7) is 2.94. The molecule has 1 aliphatic heterocycles. The van der Waals surface area contributed by atoms with Gasteiger partial charge in [-0.2, -0.15) is 0 Å². The second-order valence-electron chi connectivity index (χ2n) is 6.18. The average molecular weight is 325 g/mol. The molecule has 1 N–H and O–H groups in total. The molecule has 0 unspecified atom stereocenters. The largest absolute Gasteiger partial charge is 0.504 e. The highest BCUT2D eigenvalue weighted by atomic mass is 16.5. The SMILES string of the molecule is COc1ccc2c(c1)CCN=Cc1cc(OC)c(O)cc1C[C@@H]2C. The Morgan fingerprint density at radius 1 is 1.08 bits per heavy atom. The van der Waals surface area contributed by atoms with Crippen molar-refractivity contribution in [1.29, 1.82) is 0 Å². The van der Waals surface area contributed by atoms with Gasteiger partial charge < -0.3 is 14.6 Å². The molecule has 0 bridgehead atoms. The second kappa shape index (κ2) is 6.95. The van der Waals surface area contributed by atoms with Crippen LogP contribution in [0, 0.1) is 0 Å². The van der Waals surface area contributed by atoms with Crippen molar-refractivity contribution in [2.45, 2.75) is 25.7 Å². The number of methoxy groups -OCH3 is 2. The third-order valence-corrected chi connectivity index (χ3v) is 4.59. The number of phenols is 1. The summed E-state index contributed by atoms with van der Waals surface area (Å²) in [6, 6.07) is 9.91. The van der Waals surface area contributed by atoms with Gasteiger partial charge in [-0.25, -0.2) is 0 Å². The maximum absolute atomic E-state index is 10.1. The van der Waals surface area contributed by atoms with Crippen LogP contribution in [0.3, 0.4) is 0 Å². The molecule has 4 nitrogen and oxygen atoms in total. The van der Waals surface area contributed by atoms with Gasteiger partial charge in [0, 0.05) is 12.8 Å². The van der Waals surface area contributed by atoms with Gasteiger partial charge in [0.1, 0.15) is 5.75 Å². The first-order chi connectivity index (χ1) is 11.6. The molecule has 0 saturated carbocycles. The fourth-order valence-corrected chi connectivity index (χ4v) is 3.28. The van der Waals surface area contributed by atoms with Crippen LogP contribution >= 0.6 is 0 Å². The zero-order valence-corrected chi connectivity index (χ0v) is 14.4. The summed E-state index contributed by atoms with van der Waals surface area (Å²) in [5.74, 6) is 1.87. The highest BCUT2D eigenvalue weighted by Crippen LogP contribution is 2.33. The number of fused-ring (bicyclic) bond motifs is 2. The lowest BCUT2D eigenvalue weighted by Gasteiger charge is -2.20. The van der Waals surface area contributed by atoms with Crippen LogP contribution in [0.5, 0.6) is 17.2 Å². The first kappa shape index (κ1) is 16.4. The fraction of sp³-hybridized carbons (Fsp3) is 0.350. The number of benzene rings is 2. The van der Waals surface area contributed by atoms with E-state index in [4.69, 9.17) is 9.47 Å². The van der Waals surface area contributed by atoms with Gasteiger partial charge in [0.15, 0.2) is 11.5 Å². The molecule has 0 aliphatic carbocycles. The molecule has 0 amide bonds. The van der Waals surface area contributed by atoms with E-state index in [1.54, 1.807) is 20.3 Å². The second-order valence-corrected chi connectivity index (χ2v) is 6.18. The third-order valence-electron chi connectivity index (χ3n) is 4.59. The predicted molar refractivity (Wildman–Crippen MR) is 95.9 cm³/mol. The summed E-state index contributed by atoms with van der Waals surface area (Å²) in [7, 11) is 3.25. The van der Waals surface area contributed by atoms with Crippen molar-refractivity contribution in [1.82, 2.24) is 0 Å². The fourth-order valence-electron chi connectivity index (χ4n) is 3.28. The summed E-state index contributed by atoms with van der Waals surface area (Å²) in [4.78, 5) is 4.56. The number of ether oxygens (including phenoxy) is 2. The molecule has 0 saturated heterocycles. The lowest BCUT2D eigenvalue weighted by Crippen LogP contribution is -2.08. The van der Waals surface area contributed by atoms with Crippen molar-refractivity contribution >= 4 is 6.21 Å². The van der Waals surface area contributed by atoms with E-state index in [1.165, 1.54) is 11.1 Å². The molecule has 0 aromatic heterocycles. The van der Waals surface area contributed by atoms with Crippen LogP contribution in [0.15, 0.2) is 35.3 Å². The van der Waals surface area contributed by atoms with E-state index in [9.17, 15) is 5.11 Å². The van der Waals surface area contributed by atoms with Crippen molar-refractivity contribution in [3.63, 3.8) is 0 Å². The summed E-state index contributed by atoms with van der Waals surface area (Å²) in [5.41, 5.74) is 4.68. The van der Waals surface area contributed by atoms with Crippen molar-refractivity contribution in [2.75, 3.05) is 20.8 Å². The standard InChI is InChI=1S/C20H23NO3/c1-13-8-15-10-19(22)20(24-3)11-16(15)12-21-7-6-14-9-17(23-2)4-5-18(13)14/h4-5,9-13,22H,6-8H2,1-3H3/t13-/m0/s1. The van der Waals surface area contributed by atoms with Gasteiger partial charge in [-0.05, 0) is 65.3 Å². The first-order valence-electron chi connectivity index (χ1n) is 8.19. The number of rotatable bonds is 2. The topological polar surface area (TPSA) is 51.0 Å². The lowest BCUT2D eigenvalue weighted by atomic mass is 9.87.